The lowest BCUT2D eigenvalue weighted by Gasteiger charge is -2.19. The first-order chi connectivity index (χ1) is 8.88. The Morgan fingerprint density at radius 3 is 2.47 bits per heavy atom. The van der Waals surface area contributed by atoms with E-state index in [1.54, 1.807) is 20.8 Å². The second-order valence-electron chi connectivity index (χ2n) is 4.78. The highest BCUT2D eigenvalue weighted by molar-refractivity contribution is 5.91. The van der Waals surface area contributed by atoms with Crippen LogP contribution in [0.3, 0.4) is 0 Å². The summed E-state index contributed by atoms with van der Waals surface area (Å²) in [7, 11) is 0. The van der Waals surface area contributed by atoms with Gasteiger partial charge in [0.2, 0.25) is 0 Å². The van der Waals surface area contributed by atoms with Crippen LogP contribution >= 0.6 is 0 Å². The molecule has 0 saturated heterocycles. The van der Waals surface area contributed by atoms with E-state index in [1.807, 2.05) is 0 Å². The summed E-state index contributed by atoms with van der Waals surface area (Å²) in [6, 6.07) is 0. The average molecular weight is 266 g/mol. The summed E-state index contributed by atoms with van der Waals surface area (Å²) in [6.07, 6.45) is 3.78. The molecule has 7 heteroatoms. The standard InChI is InChI=1S/C12H18N4O3/c1-12(2,3)19-11(18)16-7-6-15-10(17)9-8-13-4-5-14-9/h4-5,8H,6-7H2,1-3H3,(H,15,17)(H,16,18). The molecule has 0 bridgehead atoms. The van der Waals surface area contributed by atoms with Crippen molar-refractivity contribution in [3.05, 3.63) is 24.3 Å². The molecule has 1 aromatic rings. The Balaban J connectivity index is 2.21. The van der Waals surface area contributed by atoms with Crippen LogP contribution < -0.4 is 10.6 Å². The first-order valence-electron chi connectivity index (χ1n) is 5.89. The molecule has 104 valence electrons. The van der Waals surface area contributed by atoms with E-state index in [0.717, 1.165) is 0 Å². The number of hydrogen-bond acceptors (Lipinski definition) is 5. The molecule has 0 aliphatic heterocycles. The van der Waals surface area contributed by atoms with Crippen LogP contribution in [0.4, 0.5) is 4.79 Å². The number of ether oxygens (including phenoxy) is 1. The number of hydrogen-bond donors (Lipinski definition) is 2. The molecule has 7 nitrogen and oxygen atoms in total. The van der Waals surface area contributed by atoms with E-state index in [9.17, 15) is 9.59 Å². The average Bonchev–Trinajstić information content (AvgIpc) is 2.33. The van der Waals surface area contributed by atoms with E-state index in [0.29, 0.717) is 0 Å². The van der Waals surface area contributed by atoms with Gasteiger partial charge in [0.05, 0.1) is 6.20 Å². The van der Waals surface area contributed by atoms with Crippen LogP contribution in [0.25, 0.3) is 0 Å². The Kier molecular flexibility index (Phi) is 5.23. The molecule has 0 atom stereocenters. The van der Waals surface area contributed by atoms with E-state index < -0.39 is 11.7 Å². The number of rotatable bonds is 4. The fourth-order valence-corrected chi connectivity index (χ4v) is 1.16. The molecule has 0 saturated carbocycles. The lowest BCUT2D eigenvalue weighted by molar-refractivity contribution is 0.0526. The van der Waals surface area contributed by atoms with Gasteiger partial charge in [-0.3, -0.25) is 9.78 Å². The Labute approximate surface area is 111 Å². The first-order valence-corrected chi connectivity index (χ1v) is 5.89. The largest absolute Gasteiger partial charge is 0.444 e. The zero-order valence-electron chi connectivity index (χ0n) is 11.3. The monoisotopic (exact) mass is 266 g/mol. The van der Waals surface area contributed by atoms with E-state index in [2.05, 4.69) is 20.6 Å². The molecular weight excluding hydrogens is 248 g/mol. The summed E-state index contributed by atoms with van der Waals surface area (Å²) in [5, 5.41) is 5.14. The smallest absolute Gasteiger partial charge is 0.407 e. The van der Waals surface area contributed by atoms with Gasteiger partial charge in [0.15, 0.2) is 0 Å². The highest BCUT2D eigenvalue weighted by Gasteiger charge is 2.15. The van der Waals surface area contributed by atoms with Crippen molar-refractivity contribution in [2.24, 2.45) is 0 Å². The van der Waals surface area contributed by atoms with Crippen LogP contribution in [0.1, 0.15) is 31.3 Å². The van der Waals surface area contributed by atoms with Gasteiger partial charge in [-0.2, -0.15) is 0 Å². The summed E-state index contributed by atoms with van der Waals surface area (Å²) in [4.78, 5) is 30.5. The van der Waals surface area contributed by atoms with Gasteiger partial charge in [0.25, 0.3) is 5.91 Å². The number of nitrogens with one attached hydrogen (secondary N) is 2. The molecule has 0 aromatic carbocycles. The molecule has 1 rings (SSSR count). The van der Waals surface area contributed by atoms with Crippen molar-refractivity contribution in [3.8, 4) is 0 Å². The molecule has 1 heterocycles. The van der Waals surface area contributed by atoms with Gasteiger partial charge in [0, 0.05) is 25.5 Å². The second-order valence-corrected chi connectivity index (χ2v) is 4.78. The lowest BCUT2D eigenvalue weighted by atomic mass is 10.2. The first kappa shape index (κ1) is 14.9. The Morgan fingerprint density at radius 2 is 1.89 bits per heavy atom. The van der Waals surface area contributed by atoms with Crippen LogP contribution in [0, 0.1) is 0 Å². The molecule has 2 N–H and O–H groups in total. The highest BCUT2D eigenvalue weighted by Crippen LogP contribution is 2.05. The topological polar surface area (TPSA) is 93.2 Å². The molecule has 0 fully saturated rings. The molecule has 19 heavy (non-hydrogen) atoms. The molecule has 0 spiro atoms. The normalized spacial score (nSPS) is 10.7. The van der Waals surface area contributed by atoms with Gasteiger partial charge in [-0.25, -0.2) is 9.78 Å². The number of carbonyl (C=O) groups excluding carboxylic acids is 2. The zero-order valence-corrected chi connectivity index (χ0v) is 11.3. The molecular formula is C12H18N4O3. The van der Waals surface area contributed by atoms with Crippen molar-refractivity contribution < 1.29 is 14.3 Å². The molecule has 0 radical (unpaired) electrons. The maximum atomic E-state index is 11.6. The number of alkyl carbamates (subject to hydrolysis) is 1. The van der Waals surface area contributed by atoms with Gasteiger partial charge in [0.1, 0.15) is 11.3 Å². The van der Waals surface area contributed by atoms with Crippen molar-refractivity contribution in [2.75, 3.05) is 13.1 Å². The minimum Gasteiger partial charge on any atom is -0.444 e. The van der Waals surface area contributed by atoms with Gasteiger partial charge in [-0.15, -0.1) is 0 Å². The summed E-state index contributed by atoms with van der Waals surface area (Å²) >= 11 is 0. The quantitative estimate of drug-likeness (QED) is 0.784. The summed E-state index contributed by atoms with van der Waals surface area (Å²) in [5.74, 6) is -0.334. The van der Waals surface area contributed by atoms with Gasteiger partial charge in [-0.05, 0) is 20.8 Å². The van der Waals surface area contributed by atoms with E-state index in [1.165, 1.54) is 18.6 Å². The minimum atomic E-state index is -0.535. The predicted molar refractivity (Wildman–Crippen MR) is 68.6 cm³/mol. The Morgan fingerprint density at radius 1 is 1.21 bits per heavy atom. The van der Waals surface area contributed by atoms with E-state index in [4.69, 9.17) is 4.74 Å². The fraction of sp³-hybridized carbons (Fsp3) is 0.500. The van der Waals surface area contributed by atoms with Crippen molar-refractivity contribution >= 4 is 12.0 Å². The van der Waals surface area contributed by atoms with Crippen LogP contribution in [-0.2, 0) is 4.74 Å². The minimum absolute atomic E-state index is 0.236. The van der Waals surface area contributed by atoms with Crippen LogP contribution in [-0.4, -0.2) is 40.7 Å². The maximum absolute atomic E-state index is 11.6. The Bertz CT molecular complexity index is 428. The highest BCUT2D eigenvalue weighted by atomic mass is 16.6. The summed E-state index contributed by atoms with van der Waals surface area (Å²) < 4.78 is 5.04. The van der Waals surface area contributed by atoms with Crippen LogP contribution in [0.15, 0.2) is 18.6 Å². The zero-order chi connectivity index (χ0) is 14.3. The van der Waals surface area contributed by atoms with Gasteiger partial charge < -0.3 is 15.4 Å². The third-order valence-corrected chi connectivity index (χ3v) is 1.87. The van der Waals surface area contributed by atoms with Gasteiger partial charge >= 0.3 is 6.09 Å². The fourth-order valence-electron chi connectivity index (χ4n) is 1.16. The predicted octanol–water partition coefficient (Wildman–Crippen LogP) is 0.731. The number of aromatic nitrogens is 2. The molecule has 0 aliphatic rings. The van der Waals surface area contributed by atoms with Crippen molar-refractivity contribution in [3.63, 3.8) is 0 Å². The summed E-state index contributed by atoms with van der Waals surface area (Å²) in [5.41, 5.74) is -0.299. The molecule has 0 unspecified atom stereocenters. The maximum Gasteiger partial charge on any atom is 0.407 e. The third-order valence-electron chi connectivity index (χ3n) is 1.87. The molecule has 2 amide bonds. The van der Waals surface area contributed by atoms with Gasteiger partial charge in [-0.1, -0.05) is 0 Å². The second kappa shape index (κ2) is 6.67. The van der Waals surface area contributed by atoms with E-state index in [-0.39, 0.29) is 24.7 Å². The third kappa shape index (κ3) is 6.35. The SMILES string of the molecule is CC(C)(C)OC(=O)NCCNC(=O)c1cnccn1. The van der Waals surface area contributed by atoms with Crippen LogP contribution in [0.2, 0.25) is 0 Å². The Hall–Kier alpha value is -2.18. The molecule has 1 aromatic heterocycles. The van der Waals surface area contributed by atoms with Crippen molar-refractivity contribution in [1.82, 2.24) is 20.6 Å². The van der Waals surface area contributed by atoms with Crippen molar-refractivity contribution in [1.29, 1.82) is 0 Å². The van der Waals surface area contributed by atoms with Crippen molar-refractivity contribution in [2.45, 2.75) is 26.4 Å². The van der Waals surface area contributed by atoms with E-state index >= 15 is 0 Å². The van der Waals surface area contributed by atoms with Crippen LogP contribution in [0.5, 0.6) is 0 Å². The number of nitrogens with zero attached hydrogens (tertiary/aromatic N) is 2. The lowest BCUT2D eigenvalue weighted by Crippen LogP contribution is -2.38. The number of amides is 2. The molecule has 0 aliphatic carbocycles. The number of carbonyl (C=O) groups is 2. The summed E-state index contributed by atoms with van der Waals surface area (Å²) in [6.45, 7) is 5.91.